The molecule has 0 heterocycles. The Morgan fingerprint density at radius 1 is 1.21 bits per heavy atom. The lowest BCUT2D eigenvalue weighted by molar-refractivity contribution is -0.137. The molecular formula is C15H18Cl2N2O5. The number of anilines is 1. The van der Waals surface area contributed by atoms with Crippen LogP contribution < -0.4 is 10.6 Å². The van der Waals surface area contributed by atoms with Crippen molar-refractivity contribution in [2.24, 2.45) is 0 Å². The van der Waals surface area contributed by atoms with E-state index in [1.54, 1.807) is 13.8 Å². The van der Waals surface area contributed by atoms with Crippen LogP contribution in [0.25, 0.3) is 0 Å². The molecule has 0 bridgehead atoms. The van der Waals surface area contributed by atoms with Crippen LogP contribution in [0.2, 0.25) is 10.0 Å². The SMILES string of the molecule is COC(=O)c1cc(Cl)c(Cl)cc1NC(=O)NC(C)(C)CCC(=O)O. The smallest absolute Gasteiger partial charge is 0.340 e. The van der Waals surface area contributed by atoms with E-state index < -0.39 is 23.5 Å². The number of esters is 1. The number of carboxylic acid groups (broad SMARTS) is 1. The number of hydrogen-bond acceptors (Lipinski definition) is 4. The fourth-order valence-corrected chi connectivity index (χ4v) is 2.20. The van der Waals surface area contributed by atoms with E-state index in [4.69, 9.17) is 28.3 Å². The molecular weight excluding hydrogens is 359 g/mol. The summed E-state index contributed by atoms with van der Waals surface area (Å²) in [5, 5.41) is 14.2. The van der Waals surface area contributed by atoms with Crippen molar-refractivity contribution in [1.29, 1.82) is 0 Å². The summed E-state index contributed by atoms with van der Waals surface area (Å²) in [4.78, 5) is 34.6. The van der Waals surface area contributed by atoms with Crippen molar-refractivity contribution in [1.82, 2.24) is 5.32 Å². The van der Waals surface area contributed by atoms with E-state index in [0.717, 1.165) is 0 Å². The molecule has 7 nitrogen and oxygen atoms in total. The van der Waals surface area contributed by atoms with Crippen molar-refractivity contribution in [3.63, 3.8) is 0 Å². The first kappa shape index (κ1) is 20.1. The molecule has 24 heavy (non-hydrogen) atoms. The molecule has 0 aliphatic heterocycles. The van der Waals surface area contributed by atoms with Crippen LogP contribution in [0.15, 0.2) is 12.1 Å². The average molecular weight is 377 g/mol. The molecule has 0 fully saturated rings. The molecule has 0 radical (unpaired) electrons. The molecule has 0 saturated carbocycles. The molecule has 0 spiro atoms. The molecule has 3 N–H and O–H groups in total. The first-order valence-corrected chi connectivity index (χ1v) is 7.69. The standard InChI is InChI=1S/C15H18Cl2N2O5/c1-15(2,5-4-12(20)21)19-14(23)18-11-7-10(17)9(16)6-8(11)13(22)24-3/h6-7H,4-5H2,1-3H3,(H,20,21)(H2,18,19,23). The van der Waals surface area contributed by atoms with E-state index in [1.165, 1.54) is 19.2 Å². The molecule has 1 aromatic carbocycles. The highest BCUT2D eigenvalue weighted by molar-refractivity contribution is 6.42. The van der Waals surface area contributed by atoms with Gasteiger partial charge in [0.2, 0.25) is 0 Å². The van der Waals surface area contributed by atoms with Crippen molar-refractivity contribution in [3.05, 3.63) is 27.7 Å². The number of urea groups is 1. The average Bonchev–Trinajstić information content (AvgIpc) is 2.47. The third-order valence-corrected chi connectivity index (χ3v) is 3.85. The molecule has 0 unspecified atom stereocenters. The van der Waals surface area contributed by atoms with Crippen molar-refractivity contribution in [2.75, 3.05) is 12.4 Å². The van der Waals surface area contributed by atoms with Gasteiger partial charge >= 0.3 is 18.0 Å². The van der Waals surface area contributed by atoms with E-state index >= 15 is 0 Å². The first-order valence-electron chi connectivity index (χ1n) is 6.94. The van der Waals surface area contributed by atoms with E-state index in [0.29, 0.717) is 0 Å². The van der Waals surface area contributed by atoms with Gasteiger partial charge in [0, 0.05) is 12.0 Å². The maximum Gasteiger partial charge on any atom is 0.340 e. The van der Waals surface area contributed by atoms with Crippen molar-refractivity contribution in [3.8, 4) is 0 Å². The third-order valence-electron chi connectivity index (χ3n) is 3.13. The predicted molar refractivity (Wildman–Crippen MR) is 90.9 cm³/mol. The van der Waals surface area contributed by atoms with E-state index in [1.807, 2.05) is 0 Å². The number of carboxylic acids is 1. The second-order valence-electron chi connectivity index (χ2n) is 5.66. The van der Waals surface area contributed by atoms with E-state index in [-0.39, 0.29) is 34.1 Å². The van der Waals surface area contributed by atoms with Crippen LogP contribution >= 0.6 is 23.2 Å². The Balaban J connectivity index is 2.92. The molecule has 1 aromatic rings. The van der Waals surface area contributed by atoms with Crippen LogP contribution in [0.3, 0.4) is 0 Å². The Morgan fingerprint density at radius 2 is 1.79 bits per heavy atom. The number of carbonyl (C=O) groups is 3. The van der Waals surface area contributed by atoms with Crippen LogP contribution in [-0.4, -0.2) is 35.7 Å². The fourth-order valence-electron chi connectivity index (χ4n) is 1.87. The highest BCUT2D eigenvalue weighted by Gasteiger charge is 2.23. The summed E-state index contributed by atoms with van der Waals surface area (Å²) in [7, 11) is 1.20. The van der Waals surface area contributed by atoms with Crippen molar-refractivity contribution >= 4 is 46.9 Å². The maximum atomic E-state index is 12.1. The number of methoxy groups -OCH3 is 1. The Bertz CT molecular complexity index is 662. The van der Waals surface area contributed by atoms with Gasteiger partial charge in [0.25, 0.3) is 0 Å². The highest BCUT2D eigenvalue weighted by Crippen LogP contribution is 2.29. The lowest BCUT2D eigenvalue weighted by atomic mass is 9.99. The summed E-state index contributed by atoms with van der Waals surface area (Å²) in [6.07, 6.45) is 0.147. The number of carbonyl (C=O) groups excluding carboxylic acids is 2. The van der Waals surface area contributed by atoms with Crippen LogP contribution in [0, 0.1) is 0 Å². The minimum Gasteiger partial charge on any atom is -0.481 e. The summed E-state index contributed by atoms with van der Waals surface area (Å²) in [5.41, 5.74) is -0.586. The second kappa shape index (κ2) is 8.21. The summed E-state index contributed by atoms with van der Waals surface area (Å²) in [5.74, 6) is -1.64. The van der Waals surface area contributed by atoms with Gasteiger partial charge in [0.05, 0.1) is 28.4 Å². The van der Waals surface area contributed by atoms with Crippen LogP contribution in [-0.2, 0) is 9.53 Å². The zero-order valence-electron chi connectivity index (χ0n) is 13.4. The third kappa shape index (κ3) is 5.90. The van der Waals surface area contributed by atoms with Gasteiger partial charge in [-0.1, -0.05) is 23.2 Å². The minimum atomic E-state index is -0.956. The lowest BCUT2D eigenvalue weighted by Gasteiger charge is -2.26. The van der Waals surface area contributed by atoms with E-state index in [9.17, 15) is 14.4 Å². The minimum absolute atomic E-state index is 0.0467. The van der Waals surface area contributed by atoms with Gasteiger partial charge in [-0.15, -0.1) is 0 Å². The first-order chi connectivity index (χ1) is 11.1. The number of amides is 2. The lowest BCUT2D eigenvalue weighted by Crippen LogP contribution is -2.46. The van der Waals surface area contributed by atoms with Gasteiger partial charge in [-0.3, -0.25) is 4.79 Å². The van der Waals surface area contributed by atoms with Gasteiger partial charge < -0.3 is 20.5 Å². The van der Waals surface area contributed by atoms with Gasteiger partial charge in [-0.2, -0.15) is 0 Å². The van der Waals surface area contributed by atoms with Crippen LogP contribution in [0.1, 0.15) is 37.0 Å². The number of halogens is 2. The fraction of sp³-hybridized carbons (Fsp3) is 0.400. The molecule has 0 aliphatic carbocycles. The zero-order chi connectivity index (χ0) is 18.5. The monoisotopic (exact) mass is 376 g/mol. The highest BCUT2D eigenvalue weighted by atomic mass is 35.5. The topological polar surface area (TPSA) is 105 Å². The number of benzene rings is 1. The van der Waals surface area contributed by atoms with Gasteiger partial charge in [-0.25, -0.2) is 9.59 Å². The van der Waals surface area contributed by atoms with Crippen molar-refractivity contribution < 1.29 is 24.2 Å². The predicted octanol–water partition coefficient (Wildman–Crippen LogP) is 3.54. The Hall–Kier alpha value is -1.99. The van der Waals surface area contributed by atoms with E-state index in [2.05, 4.69) is 15.4 Å². The van der Waals surface area contributed by atoms with Crippen molar-refractivity contribution in [2.45, 2.75) is 32.2 Å². The number of nitrogens with one attached hydrogen (secondary N) is 2. The Kier molecular flexibility index (Phi) is 6.86. The number of ether oxygens (including phenoxy) is 1. The molecule has 0 saturated heterocycles. The van der Waals surface area contributed by atoms with Gasteiger partial charge in [0.15, 0.2) is 0 Å². The van der Waals surface area contributed by atoms with Gasteiger partial charge in [0.1, 0.15) is 0 Å². The number of hydrogen-bond donors (Lipinski definition) is 3. The Morgan fingerprint density at radius 3 is 2.33 bits per heavy atom. The maximum absolute atomic E-state index is 12.1. The number of aliphatic carboxylic acids is 1. The zero-order valence-corrected chi connectivity index (χ0v) is 14.9. The Labute approximate surface area is 149 Å². The quantitative estimate of drug-likeness (QED) is 0.658. The summed E-state index contributed by atoms with van der Waals surface area (Å²) < 4.78 is 4.64. The summed E-state index contributed by atoms with van der Waals surface area (Å²) in [6.45, 7) is 3.37. The van der Waals surface area contributed by atoms with Crippen LogP contribution in [0.5, 0.6) is 0 Å². The number of rotatable bonds is 6. The molecule has 132 valence electrons. The largest absolute Gasteiger partial charge is 0.481 e. The molecule has 2 amide bonds. The summed E-state index contributed by atoms with van der Waals surface area (Å²) >= 11 is 11.8. The molecule has 9 heteroatoms. The molecule has 0 aliphatic rings. The molecule has 0 aromatic heterocycles. The normalized spacial score (nSPS) is 10.9. The van der Waals surface area contributed by atoms with Crippen LogP contribution in [0.4, 0.5) is 10.5 Å². The molecule has 1 rings (SSSR count). The second-order valence-corrected chi connectivity index (χ2v) is 6.47. The molecule has 0 atom stereocenters. The summed E-state index contributed by atoms with van der Waals surface area (Å²) in [6, 6.07) is 2.01. The van der Waals surface area contributed by atoms with Gasteiger partial charge in [-0.05, 0) is 32.4 Å².